The molecule has 1 amide bonds. The van der Waals surface area contributed by atoms with Crippen LogP contribution in [0.2, 0.25) is 0 Å². The van der Waals surface area contributed by atoms with Gasteiger partial charge in [0.2, 0.25) is 17.8 Å². The van der Waals surface area contributed by atoms with E-state index in [-0.39, 0.29) is 6.09 Å². The maximum Gasteiger partial charge on any atom is 0.409 e. The van der Waals surface area contributed by atoms with E-state index in [9.17, 15) is 4.79 Å². The Labute approximate surface area is 153 Å². The lowest BCUT2D eigenvalue weighted by Gasteiger charge is -2.34. The third-order valence-corrected chi connectivity index (χ3v) is 4.33. The minimum absolute atomic E-state index is 0.259. The van der Waals surface area contributed by atoms with E-state index >= 15 is 0 Å². The van der Waals surface area contributed by atoms with Crippen LogP contribution in [0.1, 0.15) is 13.8 Å². The quantitative estimate of drug-likeness (QED) is 0.796. The van der Waals surface area contributed by atoms with Gasteiger partial charge in [0.1, 0.15) is 0 Å². The Morgan fingerprint density at radius 3 is 2.19 bits per heavy atom. The fourth-order valence-electron chi connectivity index (χ4n) is 2.94. The molecule has 0 aromatic carbocycles. The first-order chi connectivity index (χ1) is 12.7. The van der Waals surface area contributed by atoms with Crippen LogP contribution < -0.4 is 15.1 Å². The molecule has 10 nitrogen and oxygen atoms in total. The second kappa shape index (κ2) is 8.84. The molecule has 3 rings (SSSR count). The van der Waals surface area contributed by atoms with E-state index in [1.54, 1.807) is 4.90 Å². The molecule has 0 bridgehead atoms. The van der Waals surface area contributed by atoms with Gasteiger partial charge in [-0.15, -0.1) is 0 Å². The van der Waals surface area contributed by atoms with Crippen molar-refractivity contribution in [1.82, 2.24) is 19.9 Å². The summed E-state index contributed by atoms with van der Waals surface area (Å²) in [5.41, 5.74) is 0. The van der Waals surface area contributed by atoms with Crippen molar-refractivity contribution in [3.05, 3.63) is 0 Å². The highest BCUT2D eigenvalue weighted by Crippen LogP contribution is 2.19. The first-order valence-electron chi connectivity index (χ1n) is 9.20. The third kappa shape index (κ3) is 4.43. The van der Waals surface area contributed by atoms with E-state index in [0.717, 1.165) is 19.6 Å². The van der Waals surface area contributed by atoms with Crippen molar-refractivity contribution < 1.29 is 14.3 Å². The number of hydrogen-bond acceptors (Lipinski definition) is 9. The van der Waals surface area contributed by atoms with Crippen molar-refractivity contribution in [3.8, 4) is 0 Å². The van der Waals surface area contributed by atoms with Gasteiger partial charge < -0.3 is 29.5 Å². The molecule has 2 aliphatic rings. The summed E-state index contributed by atoms with van der Waals surface area (Å²) in [5, 5.41) is 3.18. The number of carbonyl (C=O) groups is 1. The average molecular weight is 365 g/mol. The van der Waals surface area contributed by atoms with Crippen LogP contribution in [0.15, 0.2) is 0 Å². The lowest BCUT2D eigenvalue weighted by molar-refractivity contribution is 0.105. The Morgan fingerprint density at radius 1 is 1.00 bits per heavy atom. The van der Waals surface area contributed by atoms with Crippen LogP contribution >= 0.6 is 0 Å². The molecule has 26 heavy (non-hydrogen) atoms. The number of morpholine rings is 1. The van der Waals surface area contributed by atoms with Gasteiger partial charge >= 0.3 is 6.09 Å². The molecular formula is C16H27N7O3. The van der Waals surface area contributed by atoms with Crippen LogP contribution in [0, 0.1) is 0 Å². The van der Waals surface area contributed by atoms with Gasteiger partial charge in [0.05, 0.1) is 19.8 Å². The van der Waals surface area contributed by atoms with Crippen molar-refractivity contribution in [2.45, 2.75) is 13.8 Å². The average Bonchev–Trinajstić information content (AvgIpc) is 2.69. The largest absolute Gasteiger partial charge is 0.450 e. The summed E-state index contributed by atoms with van der Waals surface area (Å²) in [4.78, 5) is 31.5. The zero-order valence-corrected chi connectivity index (χ0v) is 15.5. The molecule has 1 aromatic rings. The predicted octanol–water partition coefficient (Wildman–Crippen LogP) is 0.419. The molecule has 0 atom stereocenters. The molecular weight excluding hydrogens is 338 g/mol. The maximum atomic E-state index is 11.9. The molecule has 0 radical (unpaired) electrons. The Bertz CT molecular complexity index is 602. The molecule has 0 saturated carbocycles. The molecule has 0 aliphatic carbocycles. The molecule has 2 saturated heterocycles. The number of nitrogens with zero attached hydrogens (tertiary/aromatic N) is 6. The monoisotopic (exact) mass is 365 g/mol. The molecule has 3 heterocycles. The van der Waals surface area contributed by atoms with Crippen LogP contribution in [0.25, 0.3) is 0 Å². The van der Waals surface area contributed by atoms with Crippen LogP contribution in [-0.4, -0.2) is 91.6 Å². The van der Waals surface area contributed by atoms with Crippen molar-refractivity contribution in [2.24, 2.45) is 0 Å². The molecule has 0 unspecified atom stereocenters. The summed E-state index contributed by atoms with van der Waals surface area (Å²) in [5.74, 6) is 1.88. The van der Waals surface area contributed by atoms with Gasteiger partial charge in [-0.3, -0.25) is 0 Å². The Kier molecular flexibility index (Phi) is 6.26. The first-order valence-corrected chi connectivity index (χ1v) is 9.20. The second-order valence-corrected chi connectivity index (χ2v) is 6.06. The number of aromatic nitrogens is 3. The first kappa shape index (κ1) is 18.4. The fourth-order valence-corrected chi connectivity index (χ4v) is 2.94. The van der Waals surface area contributed by atoms with Crippen LogP contribution in [0.4, 0.5) is 22.6 Å². The smallest absolute Gasteiger partial charge is 0.409 e. The van der Waals surface area contributed by atoms with Crippen LogP contribution in [-0.2, 0) is 9.47 Å². The second-order valence-electron chi connectivity index (χ2n) is 6.06. The number of amides is 1. The number of piperazine rings is 1. The molecule has 1 N–H and O–H groups in total. The topological polar surface area (TPSA) is 96.0 Å². The van der Waals surface area contributed by atoms with Gasteiger partial charge in [-0.2, -0.15) is 15.0 Å². The fraction of sp³-hybridized carbons (Fsp3) is 0.750. The Hall–Kier alpha value is -2.36. The number of nitrogens with one attached hydrogen (secondary N) is 1. The highest BCUT2D eigenvalue weighted by molar-refractivity contribution is 5.68. The summed E-state index contributed by atoms with van der Waals surface area (Å²) < 4.78 is 10.5. The van der Waals surface area contributed by atoms with E-state index in [2.05, 4.69) is 30.1 Å². The zero-order chi connectivity index (χ0) is 18.4. The normalized spacial score (nSPS) is 18.0. The SMILES string of the molecule is CCNc1nc(N2CCOCC2)nc(N2CCN(C(=O)OCC)CC2)n1. The van der Waals surface area contributed by atoms with Crippen LogP contribution in [0.3, 0.4) is 0 Å². The predicted molar refractivity (Wildman–Crippen MR) is 97.8 cm³/mol. The Morgan fingerprint density at radius 2 is 1.62 bits per heavy atom. The molecule has 2 fully saturated rings. The van der Waals surface area contributed by atoms with Crippen molar-refractivity contribution in [2.75, 3.05) is 80.8 Å². The maximum absolute atomic E-state index is 11.9. The number of carbonyl (C=O) groups excluding carboxylic acids is 1. The van der Waals surface area contributed by atoms with Crippen molar-refractivity contribution in [1.29, 1.82) is 0 Å². The van der Waals surface area contributed by atoms with Gasteiger partial charge in [-0.05, 0) is 13.8 Å². The standard InChI is InChI=1S/C16H27N7O3/c1-3-17-13-18-14(20-15(19-13)22-9-11-25-12-10-22)21-5-7-23(8-6-21)16(24)26-4-2/h3-12H2,1-2H3,(H,17,18,19,20). The van der Waals surface area contributed by atoms with E-state index in [4.69, 9.17) is 9.47 Å². The molecule has 144 valence electrons. The van der Waals surface area contributed by atoms with E-state index in [1.165, 1.54) is 0 Å². The molecule has 0 spiro atoms. The third-order valence-electron chi connectivity index (χ3n) is 4.33. The van der Waals surface area contributed by atoms with E-state index in [1.807, 2.05) is 13.8 Å². The minimum atomic E-state index is -0.259. The zero-order valence-electron chi connectivity index (χ0n) is 15.5. The van der Waals surface area contributed by atoms with Crippen molar-refractivity contribution >= 4 is 23.9 Å². The number of rotatable bonds is 5. The van der Waals surface area contributed by atoms with Crippen molar-refractivity contribution in [3.63, 3.8) is 0 Å². The Balaban J connectivity index is 1.72. The highest BCUT2D eigenvalue weighted by atomic mass is 16.6. The summed E-state index contributed by atoms with van der Waals surface area (Å²) in [6.45, 7) is 10.4. The molecule has 10 heteroatoms. The highest BCUT2D eigenvalue weighted by Gasteiger charge is 2.25. The van der Waals surface area contributed by atoms with Gasteiger partial charge in [0, 0.05) is 45.8 Å². The summed E-state index contributed by atoms with van der Waals surface area (Å²) >= 11 is 0. The number of hydrogen-bond donors (Lipinski definition) is 1. The van der Waals surface area contributed by atoms with Gasteiger partial charge in [-0.25, -0.2) is 4.79 Å². The van der Waals surface area contributed by atoms with Gasteiger partial charge in [0.15, 0.2) is 0 Å². The van der Waals surface area contributed by atoms with E-state index < -0.39 is 0 Å². The molecule has 2 aliphatic heterocycles. The lowest BCUT2D eigenvalue weighted by atomic mass is 10.3. The summed E-state index contributed by atoms with van der Waals surface area (Å²) in [6.07, 6.45) is -0.259. The van der Waals surface area contributed by atoms with Gasteiger partial charge in [-0.1, -0.05) is 0 Å². The van der Waals surface area contributed by atoms with Gasteiger partial charge in [0.25, 0.3) is 0 Å². The summed E-state index contributed by atoms with van der Waals surface area (Å²) in [6, 6.07) is 0. The minimum Gasteiger partial charge on any atom is -0.450 e. The number of anilines is 3. The van der Waals surface area contributed by atoms with E-state index in [0.29, 0.717) is 63.8 Å². The summed E-state index contributed by atoms with van der Waals surface area (Å²) in [7, 11) is 0. The number of ether oxygens (including phenoxy) is 2. The molecule has 1 aromatic heterocycles. The lowest BCUT2D eigenvalue weighted by Crippen LogP contribution is -2.49. The van der Waals surface area contributed by atoms with Crippen LogP contribution in [0.5, 0.6) is 0 Å².